The van der Waals surface area contributed by atoms with Gasteiger partial charge < -0.3 is 20.6 Å². The summed E-state index contributed by atoms with van der Waals surface area (Å²) in [4.78, 5) is 34.8. The predicted octanol–water partition coefficient (Wildman–Crippen LogP) is 1.05. The van der Waals surface area contributed by atoms with Crippen molar-refractivity contribution in [3.63, 3.8) is 0 Å². The topological polar surface area (TPSA) is 98.7 Å². The summed E-state index contributed by atoms with van der Waals surface area (Å²) in [5.74, 6) is -0.709. The third-order valence-corrected chi connectivity index (χ3v) is 3.30. The first kappa shape index (κ1) is 19.2. The summed E-state index contributed by atoms with van der Waals surface area (Å²) >= 11 is 0. The van der Waals surface area contributed by atoms with Gasteiger partial charge in [0.05, 0.1) is 0 Å². The first-order valence-corrected chi connectivity index (χ1v) is 7.32. The van der Waals surface area contributed by atoms with Crippen LogP contribution in [0.4, 0.5) is 4.79 Å². The van der Waals surface area contributed by atoms with E-state index in [9.17, 15) is 14.4 Å². The van der Waals surface area contributed by atoms with Crippen LogP contribution < -0.4 is 10.6 Å². The molecule has 0 heterocycles. The molecule has 3 N–H and O–H groups in total. The van der Waals surface area contributed by atoms with Crippen LogP contribution >= 0.6 is 0 Å². The Hall–Kier alpha value is -1.79. The van der Waals surface area contributed by atoms with Gasteiger partial charge in [0, 0.05) is 27.1 Å². The molecule has 7 nitrogen and oxygen atoms in total. The van der Waals surface area contributed by atoms with E-state index in [1.807, 2.05) is 0 Å². The molecule has 0 spiro atoms. The van der Waals surface area contributed by atoms with Crippen molar-refractivity contribution >= 4 is 17.9 Å². The minimum Gasteiger partial charge on any atom is -0.481 e. The zero-order valence-electron chi connectivity index (χ0n) is 13.1. The number of carboxylic acid groups (broad SMARTS) is 1. The van der Waals surface area contributed by atoms with Crippen LogP contribution in [0.2, 0.25) is 0 Å². The van der Waals surface area contributed by atoms with Crippen LogP contribution in [0.15, 0.2) is 0 Å². The third-order valence-electron chi connectivity index (χ3n) is 3.30. The molecule has 0 saturated heterocycles. The second-order valence-corrected chi connectivity index (χ2v) is 5.14. The molecule has 0 radical (unpaired) electrons. The van der Waals surface area contributed by atoms with Gasteiger partial charge in [-0.3, -0.25) is 9.59 Å². The molecule has 0 fully saturated rings. The quantitative estimate of drug-likeness (QED) is 0.561. The van der Waals surface area contributed by atoms with Gasteiger partial charge in [0.2, 0.25) is 5.91 Å². The van der Waals surface area contributed by atoms with Gasteiger partial charge in [0.25, 0.3) is 0 Å². The first-order valence-electron chi connectivity index (χ1n) is 7.32. The number of likely N-dealkylation sites (N-methyl/N-ethyl adjacent to an activating group) is 2. The van der Waals surface area contributed by atoms with Crippen LogP contribution in [0.5, 0.6) is 0 Å². The zero-order valence-corrected chi connectivity index (χ0v) is 13.1. The summed E-state index contributed by atoms with van der Waals surface area (Å²) in [5.41, 5.74) is 0. The SMILES string of the molecule is CCCC(CCNC(=O)N(C)CC(=O)NC)CCC(=O)O. The smallest absolute Gasteiger partial charge is 0.317 e. The first-order chi connectivity index (χ1) is 9.90. The van der Waals surface area contributed by atoms with Crippen molar-refractivity contribution in [2.24, 2.45) is 5.92 Å². The Morgan fingerprint density at radius 3 is 2.38 bits per heavy atom. The molecule has 1 atom stereocenters. The van der Waals surface area contributed by atoms with Crippen LogP contribution in [-0.4, -0.2) is 55.1 Å². The minimum absolute atomic E-state index is 0.0136. The highest BCUT2D eigenvalue weighted by Gasteiger charge is 2.13. The Bertz CT molecular complexity index is 347. The van der Waals surface area contributed by atoms with Gasteiger partial charge in [-0.15, -0.1) is 0 Å². The second-order valence-electron chi connectivity index (χ2n) is 5.14. The van der Waals surface area contributed by atoms with Crippen molar-refractivity contribution in [2.75, 3.05) is 27.2 Å². The Balaban J connectivity index is 4.03. The van der Waals surface area contributed by atoms with Crippen LogP contribution in [0.1, 0.15) is 39.0 Å². The van der Waals surface area contributed by atoms with Crippen LogP contribution in [0.25, 0.3) is 0 Å². The number of nitrogens with zero attached hydrogens (tertiary/aromatic N) is 1. The number of rotatable bonds is 10. The number of hydrogen-bond donors (Lipinski definition) is 3. The van der Waals surface area contributed by atoms with Crippen molar-refractivity contribution in [1.82, 2.24) is 15.5 Å². The van der Waals surface area contributed by atoms with Crippen LogP contribution in [0, 0.1) is 5.92 Å². The van der Waals surface area contributed by atoms with Gasteiger partial charge in [0.1, 0.15) is 6.54 Å². The van der Waals surface area contributed by atoms with Gasteiger partial charge in [-0.2, -0.15) is 0 Å². The van der Waals surface area contributed by atoms with Crippen LogP contribution in [-0.2, 0) is 9.59 Å². The number of aliphatic carboxylic acids is 1. The van der Waals surface area contributed by atoms with E-state index in [-0.39, 0.29) is 24.9 Å². The minimum atomic E-state index is -0.787. The molecule has 0 aliphatic heterocycles. The number of amides is 3. The highest BCUT2D eigenvalue weighted by molar-refractivity contribution is 5.83. The lowest BCUT2D eigenvalue weighted by Crippen LogP contribution is -2.43. The Morgan fingerprint density at radius 1 is 1.19 bits per heavy atom. The third kappa shape index (κ3) is 9.70. The lowest BCUT2D eigenvalue weighted by atomic mass is 9.94. The van der Waals surface area contributed by atoms with E-state index in [1.165, 1.54) is 11.9 Å². The number of urea groups is 1. The molecule has 0 aromatic carbocycles. The average Bonchev–Trinajstić information content (AvgIpc) is 2.44. The van der Waals surface area contributed by atoms with E-state index in [1.54, 1.807) is 7.05 Å². The maximum absolute atomic E-state index is 11.7. The Kier molecular flexibility index (Phi) is 10.0. The maximum Gasteiger partial charge on any atom is 0.317 e. The Morgan fingerprint density at radius 2 is 1.86 bits per heavy atom. The van der Waals surface area contributed by atoms with Gasteiger partial charge in [-0.1, -0.05) is 19.8 Å². The summed E-state index contributed by atoms with van der Waals surface area (Å²) in [6.07, 6.45) is 3.50. The molecular weight excluding hydrogens is 274 g/mol. The van der Waals surface area contributed by atoms with Gasteiger partial charge in [0.15, 0.2) is 0 Å². The van der Waals surface area contributed by atoms with Crippen molar-refractivity contribution in [3.8, 4) is 0 Å². The summed E-state index contributed by atoms with van der Waals surface area (Å²) in [6, 6.07) is -0.299. The fraction of sp³-hybridized carbons (Fsp3) is 0.786. The van der Waals surface area contributed by atoms with E-state index in [0.717, 1.165) is 19.3 Å². The van der Waals surface area contributed by atoms with Gasteiger partial charge in [-0.05, 0) is 18.8 Å². The number of carboxylic acids is 1. The highest BCUT2D eigenvalue weighted by Crippen LogP contribution is 2.17. The van der Waals surface area contributed by atoms with Crippen molar-refractivity contribution < 1.29 is 19.5 Å². The predicted molar refractivity (Wildman–Crippen MR) is 80.0 cm³/mol. The normalized spacial score (nSPS) is 11.6. The van der Waals surface area contributed by atoms with E-state index in [0.29, 0.717) is 18.9 Å². The van der Waals surface area contributed by atoms with Crippen molar-refractivity contribution in [3.05, 3.63) is 0 Å². The largest absolute Gasteiger partial charge is 0.481 e. The standard InChI is InChI=1S/C14H27N3O4/c1-4-5-11(6-7-13(19)20)8-9-16-14(21)17(3)10-12(18)15-2/h11H,4-10H2,1-3H3,(H,15,18)(H,16,21)(H,19,20). The Labute approximate surface area is 126 Å². The molecule has 21 heavy (non-hydrogen) atoms. The molecule has 3 amide bonds. The van der Waals surface area contributed by atoms with Crippen LogP contribution in [0.3, 0.4) is 0 Å². The molecule has 0 aliphatic carbocycles. The van der Waals surface area contributed by atoms with E-state index in [2.05, 4.69) is 17.6 Å². The molecular formula is C14H27N3O4. The monoisotopic (exact) mass is 301 g/mol. The number of carbonyl (C=O) groups is 3. The fourth-order valence-electron chi connectivity index (χ4n) is 2.05. The molecule has 1 unspecified atom stereocenters. The molecule has 0 rings (SSSR count). The average molecular weight is 301 g/mol. The highest BCUT2D eigenvalue weighted by atomic mass is 16.4. The van der Waals surface area contributed by atoms with Crippen molar-refractivity contribution in [1.29, 1.82) is 0 Å². The second kappa shape index (κ2) is 10.9. The molecule has 0 bridgehead atoms. The van der Waals surface area contributed by atoms with Gasteiger partial charge >= 0.3 is 12.0 Å². The summed E-state index contributed by atoms with van der Waals surface area (Å²) in [5, 5.41) is 13.9. The molecule has 122 valence electrons. The summed E-state index contributed by atoms with van der Waals surface area (Å²) < 4.78 is 0. The lowest BCUT2D eigenvalue weighted by Gasteiger charge is -2.19. The number of carbonyl (C=O) groups excluding carboxylic acids is 2. The fourth-order valence-corrected chi connectivity index (χ4v) is 2.05. The van der Waals surface area contributed by atoms with E-state index < -0.39 is 5.97 Å². The number of hydrogen-bond acceptors (Lipinski definition) is 3. The van der Waals surface area contributed by atoms with E-state index >= 15 is 0 Å². The maximum atomic E-state index is 11.7. The molecule has 0 saturated carbocycles. The summed E-state index contributed by atoms with van der Waals surface area (Å²) in [6.45, 7) is 2.56. The number of nitrogens with one attached hydrogen (secondary N) is 2. The zero-order chi connectivity index (χ0) is 16.3. The summed E-state index contributed by atoms with van der Waals surface area (Å²) in [7, 11) is 3.07. The van der Waals surface area contributed by atoms with Crippen molar-refractivity contribution in [2.45, 2.75) is 39.0 Å². The molecule has 0 aliphatic rings. The van der Waals surface area contributed by atoms with E-state index in [4.69, 9.17) is 5.11 Å². The molecule has 0 aromatic heterocycles. The molecule has 7 heteroatoms. The van der Waals surface area contributed by atoms with Gasteiger partial charge in [-0.25, -0.2) is 4.79 Å². The molecule has 0 aromatic rings. The lowest BCUT2D eigenvalue weighted by molar-refractivity contribution is -0.137.